The smallest absolute Gasteiger partial charge is 0.221 e. The van der Waals surface area contributed by atoms with Gasteiger partial charge in [0.15, 0.2) is 5.96 Å². The number of ether oxygens (including phenoxy) is 1. The molecule has 0 aliphatic carbocycles. The number of amides is 1. The van der Waals surface area contributed by atoms with Crippen LogP contribution in [0.25, 0.3) is 0 Å². The number of benzene rings is 1. The summed E-state index contributed by atoms with van der Waals surface area (Å²) in [5.74, 6) is 1.25. The normalized spacial score (nSPS) is 10.8. The van der Waals surface area contributed by atoms with Gasteiger partial charge in [0.05, 0.1) is 24.3 Å². The molecule has 160 valence electrons. The molecule has 1 aromatic heterocycles. The SMILES string of the molecule is CCNC(=NCc1ccc(OC)c(NC(C)=O)c1)NCCc1ncc(CC)s1.I. The summed E-state index contributed by atoms with van der Waals surface area (Å²) in [5.41, 5.74) is 1.63. The van der Waals surface area contributed by atoms with Crippen molar-refractivity contribution >= 4 is 52.9 Å². The Kier molecular flexibility index (Phi) is 11.6. The Bertz CT molecular complexity index is 810. The predicted molar refractivity (Wildman–Crippen MR) is 131 cm³/mol. The lowest BCUT2D eigenvalue weighted by Gasteiger charge is -2.12. The lowest BCUT2D eigenvalue weighted by Crippen LogP contribution is -2.38. The average Bonchev–Trinajstić information content (AvgIpc) is 3.14. The van der Waals surface area contributed by atoms with Crippen LogP contribution < -0.4 is 20.7 Å². The molecule has 0 fully saturated rings. The molecule has 3 N–H and O–H groups in total. The molecule has 1 heterocycles. The zero-order chi connectivity index (χ0) is 20.4. The van der Waals surface area contributed by atoms with Crippen LogP contribution in [-0.2, 0) is 24.2 Å². The Balaban J connectivity index is 0.00000420. The molecule has 0 aliphatic heterocycles. The van der Waals surface area contributed by atoms with Gasteiger partial charge in [-0.3, -0.25) is 4.79 Å². The van der Waals surface area contributed by atoms with E-state index in [-0.39, 0.29) is 29.9 Å². The number of aryl methyl sites for hydroxylation is 1. The maximum Gasteiger partial charge on any atom is 0.221 e. The Labute approximate surface area is 193 Å². The van der Waals surface area contributed by atoms with Crippen LogP contribution in [0.1, 0.15) is 36.2 Å². The van der Waals surface area contributed by atoms with Crippen LogP contribution in [0, 0.1) is 0 Å². The van der Waals surface area contributed by atoms with Crippen molar-refractivity contribution in [1.29, 1.82) is 0 Å². The van der Waals surface area contributed by atoms with E-state index >= 15 is 0 Å². The van der Waals surface area contributed by atoms with E-state index in [1.165, 1.54) is 11.8 Å². The van der Waals surface area contributed by atoms with Crippen LogP contribution in [0.4, 0.5) is 5.69 Å². The van der Waals surface area contributed by atoms with E-state index in [0.717, 1.165) is 42.5 Å². The second-order valence-electron chi connectivity index (χ2n) is 6.16. The molecule has 0 spiro atoms. The summed E-state index contributed by atoms with van der Waals surface area (Å²) in [4.78, 5) is 21.8. The third kappa shape index (κ3) is 8.57. The van der Waals surface area contributed by atoms with Gasteiger partial charge in [-0.05, 0) is 31.0 Å². The first-order valence-electron chi connectivity index (χ1n) is 9.46. The summed E-state index contributed by atoms with van der Waals surface area (Å²) in [7, 11) is 1.58. The molecule has 2 rings (SSSR count). The second-order valence-corrected chi connectivity index (χ2v) is 7.36. The number of halogens is 1. The Morgan fingerprint density at radius 1 is 1.28 bits per heavy atom. The number of methoxy groups -OCH3 is 1. The topological polar surface area (TPSA) is 87.6 Å². The maximum atomic E-state index is 11.4. The number of aromatic nitrogens is 1. The molecule has 1 amide bonds. The summed E-state index contributed by atoms with van der Waals surface area (Å²) < 4.78 is 5.29. The van der Waals surface area contributed by atoms with Gasteiger partial charge in [0, 0.05) is 37.5 Å². The van der Waals surface area contributed by atoms with Gasteiger partial charge >= 0.3 is 0 Å². The first-order chi connectivity index (χ1) is 13.5. The number of thiazole rings is 1. The van der Waals surface area contributed by atoms with Crippen molar-refractivity contribution < 1.29 is 9.53 Å². The second kappa shape index (κ2) is 13.4. The van der Waals surface area contributed by atoms with Gasteiger partial charge in [0.2, 0.25) is 5.91 Å². The molecule has 0 radical (unpaired) electrons. The Morgan fingerprint density at radius 2 is 2.07 bits per heavy atom. The summed E-state index contributed by atoms with van der Waals surface area (Å²) in [6, 6.07) is 5.67. The number of aliphatic imine (C=N–C) groups is 1. The van der Waals surface area contributed by atoms with Crippen LogP contribution >= 0.6 is 35.3 Å². The first-order valence-corrected chi connectivity index (χ1v) is 10.3. The van der Waals surface area contributed by atoms with Crippen molar-refractivity contribution in [2.75, 3.05) is 25.5 Å². The Hall–Kier alpha value is -1.88. The van der Waals surface area contributed by atoms with Crippen molar-refractivity contribution in [3.05, 3.63) is 39.8 Å². The quantitative estimate of drug-likeness (QED) is 0.262. The van der Waals surface area contributed by atoms with Gasteiger partial charge < -0.3 is 20.7 Å². The van der Waals surface area contributed by atoms with Crippen LogP contribution in [0.5, 0.6) is 5.75 Å². The lowest BCUT2D eigenvalue weighted by molar-refractivity contribution is -0.114. The number of rotatable bonds is 9. The molecule has 2 aromatic rings. The van der Waals surface area contributed by atoms with Gasteiger partial charge in [-0.2, -0.15) is 0 Å². The minimum atomic E-state index is -0.137. The molecule has 0 saturated carbocycles. The summed E-state index contributed by atoms with van der Waals surface area (Å²) in [6.07, 6.45) is 3.84. The summed E-state index contributed by atoms with van der Waals surface area (Å²) in [6.45, 7) is 7.69. The van der Waals surface area contributed by atoms with E-state index < -0.39 is 0 Å². The third-order valence-electron chi connectivity index (χ3n) is 3.92. The van der Waals surface area contributed by atoms with Gasteiger partial charge in [-0.15, -0.1) is 35.3 Å². The minimum absolute atomic E-state index is 0. The highest BCUT2D eigenvalue weighted by molar-refractivity contribution is 14.0. The standard InChI is InChI=1S/C20H29N5O2S.HI/c1-5-16-13-23-19(28-16)9-10-22-20(21-6-2)24-12-15-7-8-18(27-4)17(11-15)25-14(3)26;/h7-8,11,13H,5-6,9-10,12H2,1-4H3,(H,25,26)(H2,21,22,24);1H. The van der Waals surface area contributed by atoms with Gasteiger partial charge in [-0.1, -0.05) is 13.0 Å². The molecule has 0 saturated heterocycles. The number of hydrogen-bond donors (Lipinski definition) is 3. The number of carbonyl (C=O) groups is 1. The average molecular weight is 531 g/mol. The van der Waals surface area contributed by atoms with E-state index in [9.17, 15) is 4.79 Å². The fourth-order valence-corrected chi connectivity index (χ4v) is 3.43. The van der Waals surface area contributed by atoms with Crippen LogP contribution in [0.2, 0.25) is 0 Å². The number of anilines is 1. The predicted octanol–water partition coefficient (Wildman–Crippen LogP) is 3.59. The van der Waals surface area contributed by atoms with Crippen molar-refractivity contribution in [2.45, 2.75) is 40.2 Å². The van der Waals surface area contributed by atoms with E-state index in [2.05, 4.69) is 32.9 Å². The molecule has 0 bridgehead atoms. The summed E-state index contributed by atoms with van der Waals surface area (Å²) in [5, 5.41) is 10.5. The number of hydrogen-bond acceptors (Lipinski definition) is 5. The zero-order valence-corrected chi connectivity index (χ0v) is 20.5. The molecule has 0 unspecified atom stereocenters. The van der Waals surface area contributed by atoms with Gasteiger partial charge in [-0.25, -0.2) is 9.98 Å². The fourth-order valence-electron chi connectivity index (χ4n) is 2.57. The van der Waals surface area contributed by atoms with E-state index in [4.69, 9.17) is 4.74 Å². The monoisotopic (exact) mass is 531 g/mol. The molecular weight excluding hydrogens is 501 g/mol. The molecule has 1 aromatic carbocycles. The van der Waals surface area contributed by atoms with E-state index in [0.29, 0.717) is 18.0 Å². The van der Waals surface area contributed by atoms with Crippen LogP contribution in [-0.4, -0.2) is 37.1 Å². The van der Waals surface area contributed by atoms with Crippen molar-refractivity contribution in [2.24, 2.45) is 4.99 Å². The van der Waals surface area contributed by atoms with E-state index in [1.54, 1.807) is 18.4 Å². The minimum Gasteiger partial charge on any atom is -0.495 e. The maximum absolute atomic E-state index is 11.4. The first kappa shape index (κ1) is 25.2. The van der Waals surface area contributed by atoms with E-state index in [1.807, 2.05) is 31.3 Å². The fraction of sp³-hybridized carbons (Fsp3) is 0.450. The highest BCUT2D eigenvalue weighted by Gasteiger charge is 2.07. The van der Waals surface area contributed by atoms with Crippen LogP contribution in [0.15, 0.2) is 29.4 Å². The summed E-state index contributed by atoms with van der Waals surface area (Å²) >= 11 is 1.76. The molecule has 9 heteroatoms. The highest BCUT2D eigenvalue weighted by atomic mass is 127. The zero-order valence-electron chi connectivity index (χ0n) is 17.4. The molecule has 29 heavy (non-hydrogen) atoms. The van der Waals surface area contributed by atoms with Crippen molar-refractivity contribution in [1.82, 2.24) is 15.6 Å². The largest absolute Gasteiger partial charge is 0.495 e. The Morgan fingerprint density at radius 3 is 2.69 bits per heavy atom. The number of guanidine groups is 1. The van der Waals surface area contributed by atoms with Crippen molar-refractivity contribution in [3.8, 4) is 5.75 Å². The van der Waals surface area contributed by atoms with Crippen molar-refractivity contribution in [3.63, 3.8) is 0 Å². The number of nitrogens with one attached hydrogen (secondary N) is 3. The molecular formula is C20H30IN5O2S. The number of carbonyl (C=O) groups excluding carboxylic acids is 1. The van der Waals surface area contributed by atoms with Crippen LogP contribution in [0.3, 0.4) is 0 Å². The molecule has 0 aliphatic rings. The lowest BCUT2D eigenvalue weighted by atomic mass is 10.2. The van der Waals surface area contributed by atoms with Gasteiger partial charge in [0.1, 0.15) is 5.75 Å². The van der Waals surface area contributed by atoms with Gasteiger partial charge in [0.25, 0.3) is 0 Å². The molecule has 0 atom stereocenters. The molecule has 7 nitrogen and oxygen atoms in total. The third-order valence-corrected chi connectivity index (χ3v) is 5.12. The number of nitrogens with zero attached hydrogens (tertiary/aromatic N) is 2. The highest BCUT2D eigenvalue weighted by Crippen LogP contribution is 2.25.